The second-order valence-electron chi connectivity index (χ2n) is 10.5. The van der Waals surface area contributed by atoms with E-state index >= 15 is 0 Å². The summed E-state index contributed by atoms with van der Waals surface area (Å²) in [5, 5.41) is 17.1. The largest absolute Gasteiger partial charge is 0.426 e. The van der Waals surface area contributed by atoms with Crippen molar-refractivity contribution in [2.24, 2.45) is 13.5 Å². The van der Waals surface area contributed by atoms with Crippen LogP contribution in [0, 0.1) is 0 Å². The van der Waals surface area contributed by atoms with E-state index in [1.54, 1.807) is 0 Å². The molecule has 42 heavy (non-hydrogen) atoms. The van der Waals surface area contributed by atoms with Crippen molar-refractivity contribution in [3.8, 4) is 17.2 Å². The SMILES string of the molecule is c1cc2c3c(cccc3c1)OP1(=NP3(=NP4(=N1)Nc1cccc5cccc(c15)O4)Nc1cccc4cccc(c14)O3)N2. The summed E-state index contributed by atoms with van der Waals surface area (Å²) in [7, 11) is -9.57. The molecule has 4 aliphatic heterocycles. The van der Waals surface area contributed by atoms with Gasteiger partial charge in [-0.05, 0) is 52.6 Å². The van der Waals surface area contributed by atoms with Crippen molar-refractivity contribution >= 4 is 72.1 Å². The molecule has 204 valence electrons. The molecular formula is C30H21N6O3P3. The smallest absolute Gasteiger partial charge is 0.362 e. The third kappa shape index (κ3) is 3.19. The van der Waals surface area contributed by atoms with Gasteiger partial charge in [0.1, 0.15) is 17.2 Å². The van der Waals surface area contributed by atoms with Crippen LogP contribution in [0.1, 0.15) is 0 Å². The minimum Gasteiger partial charge on any atom is -0.426 e. The van der Waals surface area contributed by atoms with Gasteiger partial charge in [-0.25, -0.2) is 0 Å². The van der Waals surface area contributed by atoms with Crippen LogP contribution in [0.3, 0.4) is 0 Å². The van der Waals surface area contributed by atoms with Crippen LogP contribution in [-0.2, 0) is 0 Å². The van der Waals surface area contributed by atoms with Crippen LogP contribution in [0.2, 0.25) is 0 Å². The second kappa shape index (κ2) is 7.90. The van der Waals surface area contributed by atoms with Gasteiger partial charge in [-0.2, -0.15) is 0 Å². The van der Waals surface area contributed by atoms with Crippen LogP contribution in [-0.4, -0.2) is 0 Å². The van der Waals surface area contributed by atoms with Crippen LogP contribution in [0.15, 0.2) is 123 Å². The molecule has 6 aromatic carbocycles. The highest BCUT2D eigenvalue weighted by atomic mass is 31.3. The van der Waals surface area contributed by atoms with Crippen molar-refractivity contribution in [1.29, 1.82) is 0 Å². The molecule has 4 heterocycles. The Balaban J connectivity index is 1.26. The van der Waals surface area contributed by atoms with Crippen molar-refractivity contribution in [2.45, 2.75) is 0 Å². The van der Waals surface area contributed by atoms with E-state index in [2.05, 4.69) is 51.7 Å². The van der Waals surface area contributed by atoms with E-state index in [9.17, 15) is 0 Å². The molecule has 0 saturated carbocycles. The fourth-order valence-corrected chi connectivity index (χ4v) is 16.4. The Morgan fingerprint density at radius 1 is 0.381 bits per heavy atom. The Morgan fingerprint density at radius 2 is 0.667 bits per heavy atom. The van der Waals surface area contributed by atoms with Crippen molar-refractivity contribution in [3.63, 3.8) is 0 Å². The second-order valence-corrected chi connectivity index (χ2v) is 17.1. The molecular weight excluding hydrogens is 585 g/mol. The maximum absolute atomic E-state index is 6.83. The first-order chi connectivity index (χ1) is 20.6. The molecule has 0 aliphatic carbocycles. The molecule has 0 bridgehead atoms. The van der Waals surface area contributed by atoms with E-state index in [0.29, 0.717) is 0 Å². The van der Waals surface area contributed by atoms with E-state index in [1.807, 2.05) is 72.8 Å². The molecule has 0 unspecified atom stereocenters. The highest BCUT2D eigenvalue weighted by Gasteiger charge is 2.47. The summed E-state index contributed by atoms with van der Waals surface area (Å²) in [6.45, 7) is 0. The topological polar surface area (TPSA) is 101 Å². The normalized spacial score (nSPS) is 25.7. The lowest BCUT2D eigenvalue weighted by molar-refractivity contribution is 0.587. The summed E-state index contributed by atoms with van der Waals surface area (Å²) >= 11 is 0. The molecule has 12 heteroatoms. The Kier molecular flexibility index (Phi) is 4.36. The van der Waals surface area contributed by atoms with Crippen LogP contribution in [0.4, 0.5) is 17.1 Å². The maximum Gasteiger partial charge on any atom is 0.362 e. The summed E-state index contributed by atoms with van der Waals surface area (Å²) in [6.07, 6.45) is 0. The molecule has 3 N–H and O–H groups in total. The fourth-order valence-electron chi connectivity index (χ4n) is 6.17. The first-order valence-corrected chi connectivity index (χ1v) is 18.3. The van der Waals surface area contributed by atoms with Crippen molar-refractivity contribution in [3.05, 3.63) is 109 Å². The zero-order valence-electron chi connectivity index (χ0n) is 21.8. The van der Waals surface area contributed by atoms with Gasteiger partial charge < -0.3 is 28.8 Å². The summed E-state index contributed by atoms with van der Waals surface area (Å²) < 4.78 is 36.5. The van der Waals surface area contributed by atoms with Crippen LogP contribution in [0.25, 0.3) is 32.3 Å². The summed E-state index contributed by atoms with van der Waals surface area (Å²) in [5.41, 5.74) is 2.73. The molecule has 0 saturated heterocycles. The van der Waals surface area contributed by atoms with E-state index in [1.165, 1.54) is 0 Å². The van der Waals surface area contributed by atoms with Gasteiger partial charge >= 0.3 is 22.7 Å². The third-order valence-electron chi connectivity index (χ3n) is 7.80. The molecule has 9 nitrogen and oxygen atoms in total. The summed E-state index contributed by atoms with van der Waals surface area (Å²) in [5.74, 6) is 2.17. The monoisotopic (exact) mass is 606 g/mol. The number of nitrogens with one attached hydrogen (secondary N) is 3. The van der Waals surface area contributed by atoms with Crippen LogP contribution < -0.4 is 28.8 Å². The standard InChI is InChI=1S/C30H21N6O3P3/c1-7-19-10-4-16-25-28(19)22(13-1)31-40(37-25)34-41(32-23-14-2-8-20-11-5-17-26(38-41)29(20)23)36-42(35-40)33-24-15-3-9-21-12-6-18-27(39-42)30(21)24/h1-18,31-33H. The van der Waals surface area contributed by atoms with Crippen LogP contribution in [0.5, 0.6) is 17.2 Å². The van der Waals surface area contributed by atoms with Gasteiger partial charge in [0.2, 0.25) is 0 Å². The molecule has 4 aliphatic rings. The third-order valence-corrected chi connectivity index (χ3v) is 16.6. The minimum atomic E-state index is -3.19. The number of rotatable bonds is 0. The predicted octanol–water partition coefficient (Wildman–Crippen LogP) is 10.8. The Bertz CT molecular complexity index is 1980. The number of nitrogens with zero attached hydrogens (tertiary/aromatic N) is 3. The van der Waals surface area contributed by atoms with Crippen molar-refractivity contribution in [1.82, 2.24) is 0 Å². The minimum absolute atomic E-state index is 0.722. The lowest BCUT2D eigenvalue weighted by Gasteiger charge is -2.40. The molecule has 0 aromatic heterocycles. The zero-order chi connectivity index (χ0) is 27.5. The molecule has 6 aromatic rings. The molecule has 3 spiro atoms. The van der Waals surface area contributed by atoms with Gasteiger partial charge in [0.05, 0.1) is 17.1 Å². The highest BCUT2D eigenvalue weighted by Crippen LogP contribution is 2.80. The fraction of sp³-hybridized carbons (Fsp3) is 0. The average molecular weight is 606 g/mol. The maximum atomic E-state index is 6.83. The quantitative estimate of drug-likeness (QED) is 0.149. The van der Waals surface area contributed by atoms with Crippen molar-refractivity contribution < 1.29 is 13.6 Å². The number of anilines is 3. The van der Waals surface area contributed by atoms with Gasteiger partial charge in [0.15, 0.2) is 0 Å². The van der Waals surface area contributed by atoms with Crippen LogP contribution >= 0.6 is 22.7 Å². The van der Waals surface area contributed by atoms with Gasteiger partial charge in [-0.1, -0.05) is 72.8 Å². The lowest BCUT2D eigenvalue weighted by Crippen LogP contribution is -2.17. The Hall–Kier alpha value is -4.41. The Labute approximate surface area is 240 Å². The predicted molar refractivity (Wildman–Crippen MR) is 173 cm³/mol. The molecule has 0 fully saturated rings. The lowest BCUT2D eigenvalue weighted by atomic mass is 10.1. The summed E-state index contributed by atoms with van der Waals surface area (Å²) in [4.78, 5) is 0. The highest BCUT2D eigenvalue weighted by molar-refractivity contribution is 7.84. The number of benzene rings is 6. The van der Waals surface area contributed by atoms with Gasteiger partial charge in [0, 0.05) is 16.2 Å². The van der Waals surface area contributed by atoms with E-state index in [0.717, 1.165) is 66.6 Å². The molecule has 0 radical (unpaired) electrons. The Morgan fingerprint density at radius 3 is 0.976 bits per heavy atom. The van der Waals surface area contributed by atoms with Gasteiger partial charge in [-0.15, -0.1) is 13.5 Å². The molecule has 0 atom stereocenters. The van der Waals surface area contributed by atoms with E-state index < -0.39 is 22.7 Å². The average Bonchev–Trinajstić information content (AvgIpc) is 2.97. The molecule has 10 rings (SSSR count). The first kappa shape index (κ1) is 23.2. The van der Waals surface area contributed by atoms with E-state index in [-0.39, 0.29) is 0 Å². The first-order valence-electron chi connectivity index (χ1n) is 13.5. The number of hydrogen-bond donors (Lipinski definition) is 3. The van der Waals surface area contributed by atoms with Crippen molar-refractivity contribution in [2.75, 3.05) is 15.3 Å². The summed E-state index contributed by atoms with van der Waals surface area (Å²) in [6, 6.07) is 36.5. The molecule has 0 amide bonds. The zero-order valence-corrected chi connectivity index (χ0v) is 24.5. The van der Waals surface area contributed by atoms with Gasteiger partial charge in [0.25, 0.3) is 0 Å². The van der Waals surface area contributed by atoms with Gasteiger partial charge in [-0.3, -0.25) is 0 Å². The number of hydrogen-bond acceptors (Lipinski definition) is 9. The van der Waals surface area contributed by atoms with E-state index in [4.69, 9.17) is 27.1 Å².